The number of nitrogens with zero attached hydrogens (tertiary/aromatic N) is 6. The molecule has 1 fully saturated rings. The van der Waals surface area contributed by atoms with Gasteiger partial charge in [0.1, 0.15) is 29.4 Å². The first-order valence-electron chi connectivity index (χ1n) is 17.6. The molecule has 6 rings (SSSR count). The third kappa shape index (κ3) is 8.49. The molecule has 16 heteroatoms. The number of benzene rings is 1. The minimum absolute atomic E-state index is 0.101. The molecule has 0 saturated carbocycles. The number of aromatic nitrogens is 4. The summed E-state index contributed by atoms with van der Waals surface area (Å²) in [7, 11) is 1.51. The Morgan fingerprint density at radius 2 is 1.85 bits per heavy atom. The summed E-state index contributed by atoms with van der Waals surface area (Å²) in [5.41, 5.74) is 2.34. The lowest BCUT2D eigenvalue weighted by Gasteiger charge is -2.32. The van der Waals surface area contributed by atoms with Crippen molar-refractivity contribution in [3.8, 4) is 22.8 Å². The summed E-state index contributed by atoms with van der Waals surface area (Å²) in [6.45, 7) is 10.5. The van der Waals surface area contributed by atoms with E-state index < -0.39 is 17.6 Å². The second-order valence-electron chi connectivity index (χ2n) is 13.7. The largest absolute Gasteiger partial charge is 0.494 e. The van der Waals surface area contributed by atoms with Gasteiger partial charge in [0.15, 0.2) is 5.65 Å². The van der Waals surface area contributed by atoms with Gasteiger partial charge in [-0.1, -0.05) is 0 Å². The zero-order valence-electron chi connectivity index (χ0n) is 30.6. The van der Waals surface area contributed by atoms with E-state index in [0.717, 1.165) is 13.1 Å². The molecule has 2 aliphatic heterocycles. The maximum absolute atomic E-state index is 13.4. The molecular formula is C37H45N9O7. The first-order chi connectivity index (χ1) is 25.5. The van der Waals surface area contributed by atoms with E-state index in [2.05, 4.69) is 30.6 Å². The summed E-state index contributed by atoms with van der Waals surface area (Å²) >= 11 is 0. The number of amides is 2. The highest BCUT2D eigenvalue weighted by Gasteiger charge is 2.31. The molecule has 0 aliphatic carbocycles. The summed E-state index contributed by atoms with van der Waals surface area (Å²) in [5, 5.41) is 19.5. The number of ether oxygens (including phenoxy) is 4. The number of nitrogens with one attached hydrogen (secondary N) is 3. The first-order valence-corrected chi connectivity index (χ1v) is 17.6. The molecule has 1 saturated heterocycles. The van der Waals surface area contributed by atoms with E-state index in [0.29, 0.717) is 84.5 Å². The molecule has 2 amide bonds. The number of piperidine rings is 1. The highest BCUT2D eigenvalue weighted by Crippen LogP contribution is 2.42. The Morgan fingerprint density at radius 1 is 1.06 bits per heavy atom. The standard InChI is InChI=1S/C37H45N9O7/c1-6-51-35(48)23-8-13-44(14-9-23)15-11-40-34(47)32(38)24-21-41-26(25-22-42-46-12-7-10-39-33(25)46)18-27(24)43-28-19-31-29(20-30(28)50-5)45(16-17-52-31)36(49)53-37(2,3)4/h7,10,12,18-23,38H,6,8-9,11,13-17H2,1-5H3,(H,40,47)(H,41,43). The van der Waals surface area contributed by atoms with Crippen LogP contribution in [0.3, 0.4) is 0 Å². The number of likely N-dealkylation sites (tertiary alicyclic amines) is 1. The van der Waals surface area contributed by atoms with Crippen molar-refractivity contribution < 1.29 is 33.3 Å². The molecule has 1 aromatic carbocycles. The molecule has 53 heavy (non-hydrogen) atoms. The van der Waals surface area contributed by atoms with Crippen LogP contribution in [0.5, 0.6) is 11.5 Å². The Kier molecular flexibility index (Phi) is 11.1. The van der Waals surface area contributed by atoms with Crippen molar-refractivity contribution in [1.82, 2.24) is 29.8 Å². The van der Waals surface area contributed by atoms with Gasteiger partial charge in [-0.3, -0.25) is 24.9 Å². The SMILES string of the molecule is CCOC(=O)C1CCN(CCNC(=O)C(=N)c2cnc(-c3cnn4cccnc34)cc2Nc2cc3c(cc2OC)N(C(=O)OC(C)(C)C)CCO3)CC1. The van der Waals surface area contributed by atoms with E-state index in [1.54, 1.807) is 75.1 Å². The van der Waals surface area contributed by atoms with E-state index in [4.69, 9.17) is 24.4 Å². The molecule has 4 aromatic rings. The van der Waals surface area contributed by atoms with Crippen molar-refractivity contribution in [2.75, 3.05) is 63.3 Å². The van der Waals surface area contributed by atoms with Crippen molar-refractivity contribution in [1.29, 1.82) is 5.41 Å². The van der Waals surface area contributed by atoms with Gasteiger partial charge in [0.05, 0.1) is 60.7 Å². The van der Waals surface area contributed by atoms with E-state index in [9.17, 15) is 14.4 Å². The minimum atomic E-state index is -0.688. The van der Waals surface area contributed by atoms with Gasteiger partial charge in [-0.05, 0) is 65.8 Å². The lowest BCUT2D eigenvalue weighted by atomic mass is 9.97. The number of carbonyl (C=O) groups is 3. The number of hydrogen-bond donors (Lipinski definition) is 3. The van der Waals surface area contributed by atoms with Crippen LogP contribution in [0.2, 0.25) is 0 Å². The van der Waals surface area contributed by atoms with Crippen LogP contribution in [0.25, 0.3) is 16.9 Å². The van der Waals surface area contributed by atoms with Gasteiger partial charge in [0, 0.05) is 49.4 Å². The number of anilines is 3. The fraction of sp³-hybridized carbons (Fsp3) is 0.432. The summed E-state index contributed by atoms with van der Waals surface area (Å²) in [6, 6.07) is 6.89. The van der Waals surface area contributed by atoms with Crippen molar-refractivity contribution in [3.05, 3.63) is 54.6 Å². The van der Waals surface area contributed by atoms with Crippen LogP contribution in [0, 0.1) is 11.3 Å². The zero-order chi connectivity index (χ0) is 37.7. The van der Waals surface area contributed by atoms with Gasteiger partial charge in [-0.25, -0.2) is 14.3 Å². The van der Waals surface area contributed by atoms with Gasteiger partial charge in [-0.15, -0.1) is 0 Å². The lowest BCUT2D eigenvalue weighted by Crippen LogP contribution is -2.42. The second-order valence-corrected chi connectivity index (χ2v) is 13.7. The molecule has 280 valence electrons. The molecule has 0 bridgehead atoms. The van der Waals surface area contributed by atoms with Crippen LogP contribution in [0.15, 0.2) is 49.1 Å². The number of methoxy groups -OCH3 is 1. The number of esters is 1. The van der Waals surface area contributed by atoms with Gasteiger partial charge >= 0.3 is 12.1 Å². The van der Waals surface area contributed by atoms with Crippen LogP contribution < -0.4 is 25.0 Å². The van der Waals surface area contributed by atoms with Crippen LogP contribution in [0.4, 0.5) is 21.9 Å². The normalized spacial score (nSPS) is 14.9. The van der Waals surface area contributed by atoms with E-state index in [1.807, 2.05) is 0 Å². The highest BCUT2D eigenvalue weighted by atomic mass is 16.6. The van der Waals surface area contributed by atoms with Gasteiger partial charge < -0.3 is 34.5 Å². The fourth-order valence-electron chi connectivity index (χ4n) is 6.27. The monoisotopic (exact) mass is 727 g/mol. The maximum Gasteiger partial charge on any atom is 0.415 e. The molecule has 0 radical (unpaired) electrons. The summed E-state index contributed by atoms with van der Waals surface area (Å²) in [4.78, 5) is 51.4. The third-order valence-electron chi connectivity index (χ3n) is 8.90. The number of hydrogen-bond acceptors (Lipinski definition) is 13. The Morgan fingerprint density at radius 3 is 2.58 bits per heavy atom. The quantitative estimate of drug-likeness (QED) is 0.146. The molecule has 0 spiro atoms. The lowest BCUT2D eigenvalue weighted by molar-refractivity contribution is -0.149. The smallest absolute Gasteiger partial charge is 0.415 e. The predicted molar refractivity (Wildman–Crippen MR) is 197 cm³/mol. The topological polar surface area (TPSA) is 186 Å². The van der Waals surface area contributed by atoms with Crippen LogP contribution in [-0.2, 0) is 19.1 Å². The van der Waals surface area contributed by atoms with Crippen LogP contribution >= 0.6 is 0 Å². The summed E-state index contributed by atoms with van der Waals surface area (Å²) in [5.74, 6) is -0.0229. The van der Waals surface area contributed by atoms with Crippen molar-refractivity contribution in [3.63, 3.8) is 0 Å². The number of rotatable bonds is 11. The predicted octanol–water partition coefficient (Wildman–Crippen LogP) is 4.44. The molecule has 0 unspecified atom stereocenters. The van der Waals surface area contributed by atoms with Crippen molar-refractivity contribution in [2.45, 2.75) is 46.1 Å². The summed E-state index contributed by atoms with van der Waals surface area (Å²) in [6.07, 6.45) is 7.46. The van der Waals surface area contributed by atoms with Crippen molar-refractivity contribution >= 4 is 46.4 Å². The Labute approximate surface area is 307 Å². The molecule has 16 nitrogen and oxygen atoms in total. The molecule has 3 aromatic heterocycles. The molecule has 3 N–H and O–H groups in total. The van der Waals surface area contributed by atoms with Crippen LogP contribution in [-0.4, -0.2) is 107 Å². The average molecular weight is 728 g/mol. The number of carbonyl (C=O) groups excluding carboxylic acids is 3. The van der Waals surface area contributed by atoms with E-state index in [1.165, 1.54) is 18.2 Å². The number of fused-ring (bicyclic) bond motifs is 2. The molecule has 2 aliphatic rings. The highest BCUT2D eigenvalue weighted by molar-refractivity contribution is 6.45. The Balaban J connectivity index is 1.25. The maximum atomic E-state index is 13.4. The minimum Gasteiger partial charge on any atom is -0.494 e. The zero-order valence-corrected chi connectivity index (χ0v) is 30.6. The van der Waals surface area contributed by atoms with Crippen molar-refractivity contribution in [2.24, 2.45) is 5.92 Å². The number of pyridine rings is 1. The Hall–Kier alpha value is -5.77. The Bertz CT molecular complexity index is 2000. The fourth-order valence-corrected chi connectivity index (χ4v) is 6.27. The van der Waals surface area contributed by atoms with Crippen LogP contribution in [0.1, 0.15) is 46.1 Å². The van der Waals surface area contributed by atoms with E-state index in [-0.39, 0.29) is 29.8 Å². The molecule has 0 atom stereocenters. The van der Waals surface area contributed by atoms with Gasteiger partial charge in [0.2, 0.25) is 0 Å². The van der Waals surface area contributed by atoms with E-state index >= 15 is 0 Å². The third-order valence-corrected chi connectivity index (χ3v) is 8.90. The van der Waals surface area contributed by atoms with Gasteiger partial charge in [-0.2, -0.15) is 5.10 Å². The van der Waals surface area contributed by atoms with Gasteiger partial charge in [0.25, 0.3) is 5.91 Å². The second kappa shape index (κ2) is 15.9. The summed E-state index contributed by atoms with van der Waals surface area (Å²) < 4.78 is 24.2. The molecule has 5 heterocycles. The first kappa shape index (κ1) is 37.0. The molecular weight excluding hydrogens is 682 g/mol. The average Bonchev–Trinajstić information content (AvgIpc) is 3.58.